The molecule has 9 heteroatoms. The number of aromatic nitrogens is 1. The number of hydrogen-bond donors (Lipinski definition) is 2. The number of benzene rings is 1. The maximum atomic E-state index is 12.0. The van der Waals surface area contributed by atoms with Crippen LogP contribution >= 0.6 is 22.9 Å². The Kier molecular flexibility index (Phi) is 7.71. The minimum Gasteiger partial charge on any atom is -0.493 e. The highest BCUT2D eigenvalue weighted by Crippen LogP contribution is 2.35. The molecule has 0 unspecified atom stereocenters. The van der Waals surface area contributed by atoms with E-state index in [-0.39, 0.29) is 12.6 Å². The number of alkyl halides is 1. The molecule has 0 radical (unpaired) electrons. The molecule has 0 saturated heterocycles. The molecule has 1 fully saturated rings. The zero-order valence-corrected chi connectivity index (χ0v) is 17.6. The fourth-order valence-electron chi connectivity index (χ4n) is 2.35. The first-order chi connectivity index (χ1) is 14.0. The summed E-state index contributed by atoms with van der Waals surface area (Å²) in [6.07, 6.45) is 7.79. The molecule has 1 aromatic heterocycles. The predicted octanol–water partition coefficient (Wildman–Crippen LogP) is 5.05. The number of carbonyl (C=O) groups excluding carboxylic acids is 1. The van der Waals surface area contributed by atoms with Crippen molar-refractivity contribution in [3.05, 3.63) is 40.4 Å². The molecule has 1 aromatic carbocycles. The van der Waals surface area contributed by atoms with Crippen LogP contribution in [0.2, 0.25) is 5.02 Å². The van der Waals surface area contributed by atoms with Gasteiger partial charge in [0.15, 0.2) is 0 Å². The van der Waals surface area contributed by atoms with Crippen LogP contribution in [0.4, 0.5) is 9.18 Å². The molecule has 0 bridgehead atoms. The summed E-state index contributed by atoms with van der Waals surface area (Å²) in [4.78, 5) is 16.6. The number of amides is 2. The number of carbonyl (C=O) groups is 1. The second kappa shape index (κ2) is 10.5. The van der Waals surface area contributed by atoms with Gasteiger partial charge < -0.3 is 20.1 Å². The third-order valence-corrected chi connectivity index (χ3v) is 5.21. The highest BCUT2D eigenvalue weighted by molar-refractivity contribution is 7.14. The van der Waals surface area contributed by atoms with Crippen LogP contribution in [-0.4, -0.2) is 36.9 Å². The number of nitrogens with one attached hydrogen (secondary N) is 2. The molecule has 156 valence electrons. The summed E-state index contributed by atoms with van der Waals surface area (Å²) < 4.78 is 23.5. The van der Waals surface area contributed by atoms with Gasteiger partial charge in [0.25, 0.3) is 5.19 Å². The minimum atomic E-state index is -0.596. The van der Waals surface area contributed by atoms with Crippen molar-refractivity contribution in [1.82, 2.24) is 15.6 Å². The van der Waals surface area contributed by atoms with Gasteiger partial charge in [-0.1, -0.05) is 29.0 Å². The highest BCUT2D eigenvalue weighted by Gasteiger charge is 2.22. The lowest BCUT2D eigenvalue weighted by Crippen LogP contribution is -2.40. The molecular weight excluding hydrogens is 417 g/mol. The van der Waals surface area contributed by atoms with Crippen LogP contribution in [0.25, 0.3) is 6.08 Å². The Morgan fingerprint density at radius 2 is 2.31 bits per heavy atom. The van der Waals surface area contributed by atoms with Gasteiger partial charge in [-0.25, -0.2) is 14.2 Å². The standard InChI is InChI=1S/C20H23ClFN3O3S/c1-13(25-19(26)23-9-8-22)2-6-16-11-24-20(29-16)28-18-7-5-15(10-17(18)21)27-12-14-3-4-14/h2,5-7,10-11,13-14H,3-4,8-9,12H2,1H3,(H2,23,25,26)/b6-2+/t13-/m0/s1. The second-order valence-corrected chi connectivity index (χ2v) is 8.15. The van der Waals surface area contributed by atoms with Crippen LogP contribution in [0.3, 0.4) is 0 Å². The molecule has 0 spiro atoms. The summed E-state index contributed by atoms with van der Waals surface area (Å²) in [5, 5.41) is 6.01. The van der Waals surface area contributed by atoms with E-state index in [4.69, 9.17) is 21.1 Å². The Morgan fingerprint density at radius 1 is 1.48 bits per heavy atom. The molecule has 29 heavy (non-hydrogen) atoms. The highest BCUT2D eigenvalue weighted by atomic mass is 35.5. The third-order valence-electron chi connectivity index (χ3n) is 4.07. The van der Waals surface area contributed by atoms with Gasteiger partial charge in [-0.2, -0.15) is 0 Å². The maximum Gasteiger partial charge on any atom is 0.315 e. The zero-order chi connectivity index (χ0) is 20.6. The Hall–Kier alpha value is -2.32. The molecule has 1 heterocycles. The van der Waals surface area contributed by atoms with E-state index in [1.807, 2.05) is 25.1 Å². The topological polar surface area (TPSA) is 72.5 Å². The SMILES string of the molecule is C[C@@H](/C=C/c1cnc(Oc2ccc(OCC3CC3)cc2Cl)s1)NC(=O)NCCF. The van der Waals surface area contributed by atoms with Gasteiger partial charge in [0.1, 0.15) is 18.2 Å². The monoisotopic (exact) mass is 439 g/mol. The van der Waals surface area contributed by atoms with Crippen molar-refractivity contribution in [3.8, 4) is 16.7 Å². The lowest BCUT2D eigenvalue weighted by molar-refractivity contribution is 0.238. The Bertz CT molecular complexity index is 857. The van der Waals surface area contributed by atoms with E-state index in [2.05, 4.69) is 15.6 Å². The van der Waals surface area contributed by atoms with Crippen molar-refractivity contribution >= 4 is 35.0 Å². The van der Waals surface area contributed by atoms with Crippen LogP contribution in [-0.2, 0) is 0 Å². The third kappa shape index (κ3) is 7.21. The number of nitrogens with zero attached hydrogens (tertiary/aromatic N) is 1. The number of rotatable bonds is 10. The van der Waals surface area contributed by atoms with Crippen molar-refractivity contribution in [2.45, 2.75) is 25.8 Å². The molecule has 1 aliphatic carbocycles. The zero-order valence-electron chi connectivity index (χ0n) is 16.0. The molecule has 2 aromatic rings. The lowest BCUT2D eigenvalue weighted by atomic mass is 10.3. The smallest absolute Gasteiger partial charge is 0.315 e. The fourth-order valence-corrected chi connectivity index (χ4v) is 3.25. The molecule has 1 aliphatic rings. The molecular formula is C20H23ClFN3O3S. The summed E-state index contributed by atoms with van der Waals surface area (Å²) in [5.74, 6) is 1.91. The minimum absolute atomic E-state index is 0.00596. The van der Waals surface area contributed by atoms with Crippen molar-refractivity contribution in [3.63, 3.8) is 0 Å². The van der Waals surface area contributed by atoms with Gasteiger partial charge in [-0.15, -0.1) is 0 Å². The number of halogens is 2. The average Bonchev–Trinajstić information content (AvgIpc) is 3.42. The van der Waals surface area contributed by atoms with E-state index in [1.165, 1.54) is 24.2 Å². The second-order valence-electron chi connectivity index (χ2n) is 6.71. The van der Waals surface area contributed by atoms with Crippen molar-refractivity contribution in [2.75, 3.05) is 19.8 Å². The van der Waals surface area contributed by atoms with Gasteiger partial charge in [-0.05, 0) is 43.9 Å². The average molecular weight is 440 g/mol. The van der Waals surface area contributed by atoms with Crippen molar-refractivity contribution in [1.29, 1.82) is 0 Å². The maximum absolute atomic E-state index is 12.0. The molecule has 1 saturated carbocycles. The largest absolute Gasteiger partial charge is 0.493 e. The van der Waals surface area contributed by atoms with E-state index in [0.717, 1.165) is 17.2 Å². The van der Waals surface area contributed by atoms with Gasteiger partial charge in [0.05, 0.1) is 16.5 Å². The van der Waals surface area contributed by atoms with E-state index in [0.29, 0.717) is 21.9 Å². The van der Waals surface area contributed by atoms with Crippen molar-refractivity contribution < 1.29 is 18.7 Å². The molecule has 0 aliphatic heterocycles. The summed E-state index contributed by atoms with van der Waals surface area (Å²) in [6.45, 7) is 1.94. The first kappa shape index (κ1) is 21.4. The predicted molar refractivity (Wildman–Crippen MR) is 113 cm³/mol. The fraction of sp³-hybridized carbons (Fsp3) is 0.400. The first-order valence-corrected chi connectivity index (χ1v) is 10.6. The summed E-state index contributed by atoms with van der Waals surface area (Å²) in [7, 11) is 0. The molecule has 1 atom stereocenters. The Morgan fingerprint density at radius 3 is 3.03 bits per heavy atom. The normalized spacial score (nSPS) is 14.6. The molecule has 6 nitrogen and oxygen atoms in total. The van der Waals surface area contributed by atoms with Gasteiger partial charge in [0.2, 0.25) is 0 Å². The van der Waals surface area contributed by atoms with E-state index < -0.39 is 12.7 Å². The first-order valence-electron chi connectivity index (χ1n) is 9.38. The number of ether oxygens (including phenoxy) is 2. The lowest BCUT2D eigenvalue weighted by Gasteiger charge is -2.09. The summed E-state index contributed by atoms with van der Waals surface area (Å²) in [5.41, 5.74) is 0. The van der Waals surface area contributed by atoms with Crippen LogP contribution in [0.5, 0.6) is 16.7 Å². The van der Waals surface area contributed by atoms with Gasteiger partial charge in [0, 0.05) is 24.8 Å². The quantitative estimate of drug-likeness (QED) is 0.543. The Balaban J connectivity index is 1.51. The van der Waals surface area contributed by atoms with Crippen LogP contribution < -0.4 is 20.1 Å². The molecule has 2 amide bonds. The van der Waals surface area contributed by atoms with Gasteiger partial charge >= 0.3 is 6.03 Å². The van der Waals surface area contributed by atoms with Crippen molar-refractivity contribution in [2.24, 2.45) is 5.92 Å². The van der Waals surface area contributed by atoms with Crippen LogP contribution in [0, 0.1) is 5.92 Å². The van der Waals surface area contributed by atoms with Crippen LogP contribution in [0.15, 0.2) is 30.5 Å². The number of thiazole rings is 1. The van der Waals surface area contributed by atoms with E-state index in [1.54, 1.807) is 18.3 Å². The summed E-state index contributed by atoms with van der Waals surface area (Å²) >= 11 is 7.64. The number of urea groups is 1. The molecule has 3 rings (SSSR count). The van der Waals surface area contributed by atoms with E-state index >= 15 is 0 Å². The summed E-state index contributed by atoms with van der Waals surface area (Å²) in [6, 6.07) is 4.71. The van der Waals surface area contributed by atoms with E-state index in [9.17, 15) is 9.18 Å². The Labute approximate surface area is 178 Å². The van der Waals surface area contributed by atoms with Crippen LogP contribution in [0.1, 0.15) is 24.6 Å². The van der Waals surface area contributed by atoms with Gasteiger partial charge in [-0.3, -0.25) is 0 Å². The molecule has 2 N–H and O–H groups in total. The number of hydrogen-bond acceptors (Lipinski definition) is 5.